The van der Waals surface area contributed by atoms with Crippen molar-refractivity contribution in [1.29, 1.82) is 0 Å². The summed E-state index contributed by atoms with van der Waals surface area (Å²) in [6.45, 7) is 7.25. The molecule has 0 saturated carbocycles. The Morgan fingerprint density at radius 2 is 2.06 bits per heavy atom. The second-order valence-electron chi connectivity index (χ2n) is 5.46. The van der Waals surface area contributed by atoms with Crippen LogP contribution in [0.25, 0.3) is 0 Å². The third-order valence-corrected chi connectivity index (χ3v) is 3.64. The Bertz CT molecular complexity index is 305. The predicted octanol–water partition coefficient (Wildman–Crippen LogP) is 1.09. The largest absolute Gasteiger partial charge is 0.481 e. The van der Waals surface area contributed by atoms with Crippen LogP contribution in [0.1, 0.15) is 40.0 Å². The maximum atomic E-state index is 11.8. The predicted molar refractivity (Wildman–Crippen MR) is 69.3 cm³/mol. The summed E-state index contributed by atoms with van der Waals surface area (Å²) in [6.07, 6.45) is 1.98. The first kappa shape index (κ1) is 15.0. The number of amides is 1. The molecule has 1 amide bonds. The molecule has 104 valence electrons. The van der Waals surface area contributed by atoms with E-state index >= 15 is 0 Å². The third kappa shape index (κ3) is 4.64. The molecule has 0 aromatic heterocycles. The number of aliphatic carboxylic acids is 1. The van der Waals surface area contributed by atoms with Gasteiger partial charge in [0.25, 0.3) is 0 Å². The molecule has 1 heterocycles. The van der Waals surface area contributed by atoms with Gasteiger partial charge in [0.05, 0.1) is 13.0 Å². The van der Waals surface area contributed by atoms with Crippen molar-refractivity contribution in [2.45, 2.75) is 52.1 Å². The number of carboxylic acids is 1. The number of nitrogens with one attached hydrogen (secondary N) is 1. The minimum Gasteiger partial charge on any atom is -0.481 e. The zero-order chi connectivity index (χ0) is 13.7. The summed E-state index contributed by atoms with van der Waals surface area (Å²) >= 11 is 0. The van der Waals surface area contributed by atoms with Gasteiger partial charge in [0.2, 0.25) is 5.91 Å². The lowest BCUT2D eigenvalue weighted by atomic mass is 10.1. The lowest BCUT2D eigenvalue weighted by Crippen LogP contribution is -2.44. The van der Waals surface area contributed by atoms with Crippen LogP contribution in [0.3, 0.4) is 0 Å². The molecule has 1 fully saturated rings. The standard InChI is InChI=1S/C13H24N2O3/c1-9(2)10(3)14-12(16)8-15-6-4-5-11(15)7-13(17)18/h9-11H,4-8H2,1-3H3,(H,14,16)(H,17,18). The number of rotatable bonds is 6. The highest BCUT2D eigenvalue weighted by Gasteiger charge is 2.28. The van der Waals surface area contributed by atoms with Crippen LogP contribution in [-0.2, 0) is 9.59 Å². The molecule has 2 unspecified atom stereocenters. The average Bonchev–Trinajstić information content (AvgIpc) is 2.64. The van der Waals surface area contributed by atoms with Crippen molar-refractivity contribution in [2.24, 2.45) is 5.92 Å². The van der Waals surface area contributed by atoms with Crippen molar-refractivity contribution in [1.82, 2.24) is 10.2 Å². The number of carboxylic acid groups (broad SMARTS) is 1. The quantitative estimate of drug-likeness (QED) is 0.746. The topological polar surface area (TPSA) is 69.6 Å². The molecule has 5 heteroatoms. The summed E-state index contributed by atoms with van der Waals surface area (Å²) in [5, 5.41) is 11.8. The third-order valence-electron chi connectivity index (χ3n) is 3.64. The summed E-state index contributed by atoms with van der Waals surface area (Å²) in [5.74, 6) is -0.390. The first-order valence-electron chi connectivity index (χ1n) is 6.65. The lowest BCUT2D eigenvalue weighted by molar-refractivity contribution is -0.138. The zero-order valence-corrected chi connectivity index (χ0v) is 11.5. The van der Waals surface area contributed by atoms with E-state index in [1.165, 1.54) is 0 Å². The van der Waals surface area contributed by atoms with Gasteiger partial charge in [-0.25, -0.2) is 0 Å². The first-order chi connectivity index (χ1) is 8.40. The first-order valence-corrected chi connectivity index (χ1v) is 6.65. The van der Waals surface area contributed by atoms with E-state index in [0.29, 0.717) is 12.5 Å². The van der Waals surface area contributed by atoms with Gasteiger partial charge in [-0.2, -0.15) is 0 Å². The Kier molecular flexibility index (Phi) is 5.59. The second-order valence-corrected chi connectivity index (χ2v) is 5.46. The zero-order valence-electron chi connectivity index (χ0n) is 11.5. The van der Waals surface area contributed by atoms with Crippen LogP contribution < -0.4 is 5.32 Å². The summed E-state index contributed by atoms with van der Waals surface area (Å²) in [4.78, 5) is 24.6. The Labute approximate surface area is 109 Å². The molecule has 1 saturated heterocycles. The molecule has 0 spiro atoms. The van der Waals surface area contributed by atoms with E-state index in [4.69, 9.17) is 5.11 Å². The van der Waals surface area contributed by atoms with Crippen LogP contribution in [0.5, 0.6) is 0 Å². The van der Waals surface area contributed by atoms with Crippen LogP contribution >= 0.6 is 0 Å². The fourth-order valence-corrected chi connectivity index (χ4v) is 2.19. The SMILES string of the molecule is CC(C)C(C)NC(=O)CN1CCCC1CC(=O)O. The lowest BCUT2D eigenvalue weighted by Gasteiger charge is -2.24. The van der Waals surface area contributed by atoms with Crippen LogP contribution in [0.4, 0.5) is 0 Å². The van der Waals surface area contributed by atoms with Crippen LogP contribution in [0, 0.1) is 5.92 Å². The highest BCUT2D eigenvalue weighted by atomic mass is 16.4. The van der Waals surface area contributed by atoms with Gasteiger partial charge in [-0.05, 0) is 32.2 Å². The van der Waals surface area contributed by atoms with E-state index in [0.717, 1.165) is 19.4 Å². The number of likely N-dealkylation sites (tertiary alicyclic amines) is 1. The van der Waals surface area contributed by atoms with Crippen LogP contribution in [0.2, 0.25) is 0 Å². The summed E-state index contributed by atoms with van der Waals surface area (Å²) < 4.78 is 0. The molecule has 0 radical (unpaired) electrons. The van der Waals surface area contributed by atoms with Crippen molar-refractivity contribution in [3.63, 3.8) is 0 Å². The molecule has 0 aliphatic carbocycles. The van der Waals surface area contributed by atoms with Gasteiger partial charge >= 0.3 is 5.97 Å². The van der Waals surface area contributed by atoms with Gasteiger partial charge in [0.1, 0.15) is 0 Å². The van der Waals surface area contributed by atoms with E-state index in [1.54, 1.807) is 0 Å². The smallest absolute Gasteiger partial charge is 0.304 e. The maximum absolute atomic E-state index is 11.8. The molecule has 0 aromatic carbocycles. The van der Waals surface area contributed by atoms with E-state index < -0.39 is 5.97 Å². The Morgan fingerprint density at radius 3 is 2.61 bits per heavy atom. The minimum absolute atomic E-state index is 0.00603. The van der Waals surface area contributed by atoms with E-state index in [1.807, 2.05) is 11.8 Å². The summed E-state index contributed by atoms with van der Waals surface area (Å²) in [7, 11) is 0. The summed E-state index contributed by atoms with van der Waals surface area (Å²) in [6, 6.07) is 0.167. The van der Waals surface area contributed by atoms with Crippen molar-refractivity contribution < 1.29 is 14.7 Å². The molecule has 2 atom stereocenters. The van der Waals surface area contributed by atoms with Gasteiger partial charge in [-0.1, -0.05) is 13.8 Å². The molecule has 2 N–H and O–H groups in total. The van der Waals surface area contributed by atoms with Gasteiger partial charge in [-0.3, -0.25) is 14.5 Å². The van der Waals surface area contributed by atoms with Gasteiger partial charge in [-0.15, -0.1) is 0 Å². The van der Waals surface area contributed by atoms with Crippen molar-refractivity contribution in [3.05, 3.63) is 0 Å². The molecule has 0 aromatic rings. The second kappa shape index (κ2) is 6.73. The molecule has 1 aliphatic heterocycles. The number of hydrogen-bond acceptors (Lipinski definition) is 3. The fraction of sp³-hybridized carbons (Fsp3) is 0.846. The summed E-state index contributed by atoms with van der Waals surface area (Å²) in [5.41, 5.74) is 0. The van der Waals surface area contributed by atoms with Gasteiger partial charge in [0.15, 0.2) is 0 Å². The molecule has 18 heavy (non-hydrogen) atoms. The van der Waals surface area contributed by atoms with E-state index in [-0.39, 0.29) is 24.4 Å². The number of carbonyl (C=O) groups is 2. The molecule has 1 rings (SSSR count). The highest BCUT2D eigenvalue weighted by Crippen LogP contribution is 2.19. The molecule has 1 aliphatic rings. The van der Waals surface area contributed by atoms with Gasteiger partial charge < -0.3 is 10.4 Å². The molecule has 5 nitrogen and oxygen atoms in total. The van der Waals surface area contributed by atoms with Crippen LogP contribution in [0.15, 0.2) is 0 Å². The fourth-order valence-electron chi connectivity index (χ4n) is 2.19. The normalized spacial score (nSPS) is 22.1. The minimum atomic E-state index is -0.789. The number of hydrogen-bond donors (Lipinski definition) is 2. The molecular formula is C13H24N2O3. The van der Waals surface area contributed by atoms with Gasteiger partial charge in [0, 0.05) is 12.1 Å². The van der Waals surface area contributed by atoms with Crippen molar-refractivity contribution in [2.75, 3.05) is 13.1 Å². The number of carbonyl (C=O) groups excluding carboxylic acids is 1. The molecular weight excluding hydrogens is 232 g/mol. The van der Waals surface area contributed by atoms with E-state index in [9.17, 15) is 9.59 Å². The van der Waals surface area contributed by atoms with E-state index in [2.05, 4.69) is 19.2 Å². The monoisotopic (exact) mass is 256 g/mol. The average molecular weight is 256 g/mol. The van der Waals surface area contributed by atoms with Crippen molar-refractivity contribution in [3.8, 4) is 0 Å². The Hall–Kier alpha value is -1.10. The highest BCUT2D eigenvalue weighted by molar-refractivity contribution is 5.78. The Morgan fingerprint density at radius 1 is 1.39 bits per heavy atom. The number of nitrogens with zero attached hydrogens (tertiary/aromatic N) is 1. The Balaban J connectivity index is 2.41. The van der Waals surface area contributed by atoms with Crippen molar-refractivity contribution >= 4 is 11.9 Å². The maximum Gasteiger partial charge on any atom is 0.304 e. The molecule has 0 bridgehead atoms. The van der Waals surface area contributed by atoms with Crippen LogP contribution in [-0.4, -0.2) is 47.1 Å².